The number of hydrogen-bond donors (Lipinski definition) is 0. The second kappa shape index (κ2) is 8.83. The van der Waals surface area contributed by atoms with Crippen LogP contribution in [0, 0.1) is 0 Å². The summed E-state index contributed by atoms with van der Waals surface area (Å²) in [7, 11) is 5.28. The molecule has 0 atom stereocenters. The molecule has 0 saturated carbocycles. The number of likely N-dealkylation sites (N-methyl/N-ethyl adjacent to an activating group) is 1. The molecule has 0 bridgehead atoms. The van der Waals surface area contributed by atoms with Crippen molar-refractivity contribution in [1.29, 1.82) is 0 Å². The van der Waals surface area contributed by atoms with Crippen LogP contribution in [0.1, 0.15) is 43.1 Å². The van der Waals surface area contributed by atoms with Crippen molar-refractivity contribution in [2.24, 2.45) is 0 Å². The van der Waals surface area contributed by atoms with Crippen molar-refractivity contribution in [2.45, 2.75) is 32.6 Å². The first kappa shape index (κ1) is 20.2. The molecule has 5 nitrogen and oxygen atoms in total. The number of esters is 1. The fourth-order valence-corrected chi connectivity index (χ4v) is 2.26. The summed E-state index contributed by atoms with van der Waals surface area (Å²) in [5, 5.41) is 0. The van der Waals surface area contributed by atoms with Gasteiger partial charge in [0.15, 0.2) is 0 Å². The van der Waals surface area contributed by atoms with Crippen molar-refractivity contribution in [1.82, 2.24) is 9.80 Å². The molecule has 0 N–H and O–H groups in total. The molecule has 0 unspecified atom stereocenters. The van der Waals surface area contributed by atoms with E-state index < -0.39 is 0 Å². The third-order valence-electron chi connectivity index (χ3n) is 3.92. The number of methoxy groups -OCH3 is 1. The summed E-state index contributed by atoms with van der Waals surface area (Å²) in [5.74, 6) is -0.359. The van der Waals surface area contributed by atoms with Crippen molar-refractivity contribution in [3.8, 4) is 0 Å². The van der Waals surface area contributed by atoms with E-state index in [2.05, 4.69) is 25.5 Å². The molecule has 1 amide bonds. The van der Waals surface area contributed by atoms with Gasteiger partial charge in [0, 0.05) is 25.2 Å². The van der Waals surface area contributed by atoms with E-state index in [1.807, 2.05) is 43.3 Å². The second-order valence-electron chi connectivity index (χ2n) is 7.25. The maximum atomic E-state index is 12.8. The van der Waals surface area contributed by atoms with Gasteiger partial charge in [0.25, 0.3) is 5.91 Å². The lowest BCUT2D eigenvalue weighted by Gasteiger charge is -2.25. The van der Waals surface area contributed by atoms with Crippen LogP contribution < -0.4 is 0 Å². The fraction of sp³-hybridized carbons (Fsp3) is 0.579. The molecule has 0 spiro atoms. The highest BCUT2D eigenvalue weighted by molar-refractivity contribution is 5.94. The third-order valence-corrected chi connectivity index (χ3v) is 3.92. The van der Waals surface area contributed by atoms with Crippen LogP contribution in [-0.4, -0.2) is 62.5 Å². The monoisotopic (exact) mass is 334 g/mol. The Morgan fingerprint density at radius 2 is 1.58 bits per heavy atom. The summed E-state index contributed by atoms with van der Waals surface area (Å²) in [5.41, 5.74) is 1.89. The quantitative estimate of drug-likeness (QED) is 0.719. The Hall–Kier alpha value is -1.88. The summed E-state index contributed by atoms with van der Waals surface area (Å²) < 4.78 is 4.68. The van der Waals surface area contributed by atoms with Crippen molar-refractivity contribution >= 4 is 11.9 Å². The van der Waals surface area contributed by atoms with E-state index in [0.29, 0.717) is 18.7 Å². The van der Waals surface area contributed by atoms with Crippen LogP contribution in [0.4, 0.5) is 0 Å². The summed E-state index contributed by atoms with van der Waals surface area (Å²) >= 11 is 0. The first-order valence-electron chi connectivity index (χ1n) is 8.26. The van der Waals surface area contributed by atoms with Gasteiger partial charge in [-0.15, -0.1) is 0 Å². The van der Waals surface area contributed by atoms with E-state index in [1.54, 1.807) is 4.90 Å². The average Bonchev–Trinajstić information content (AvgIpc) is 2.53. The van der Waals surface area contributed by atoms with Gasteiger partial charge in [0.05, 0.1) is 13.5 Å². The highest BCUT2D eigenvalue weighted by atomic mass is 16.5. The molecule has 0 heterocycles. The van der Waals surface area contributed by atoms with Gasteiger partial charge in [-0.1, -0.05) is 32.9 Å². The molecule has 0 aromatic heterocycles. The molecule has 1 aromatic rings. The van der Waals surface area contributed by atoms with Crippen LogP contribution in [0.15, 0.2) is 24.3 Å². The highest BCUT2D eigenvalue weighted by Crippen LogP contribution is 2.22. The Morgan fingerprint density at radius 1 is 1.00 bits per heavy atom. The van der Waals surface area contributed by atoms with E-state index in [4.69, 9.17) is 0 Å². The molecule has 1 aromatic carbocycles. The minimum absolute atomic E-state index is 0.0527. The smallest absolute Gasteiger partial charge is 0.307 e. The minimum Gasteiger partial charge on any atom is -0.469 e. The SMILES string of the molecule is COC(=O)CCN(CCN(C)C)C(=O)c1ccc(C(C)(C)C)cc1. The summed E-state index contributed by atoms with van der Waals surface area (Å²) in [4.78, 5) is 27.9. The lowest BCUT2D eigenvalue weighted by molar-refractivity contribution is -0.140. The molecule has 5 heteroatoms. The van der Waals surface area contributed by atoms with E-state index >= 15 is 0 Å². The largest absolute Gasteiger partial charge is 0.469 e. The molecule has 1 rings (SSSR count). The average molecular weight is 334 g/mol. The number of rotatable bonds is 7. The Kier molecular flexibility index (Phi) is 7.42. The van der Waals surface area contributed by atoms with Crippen LogP contribution in [0.5, 0.6) is 0 Å². The molecule has 0 aliphatic heterocycles. The Morgan fingerprint density at radius 3 is 2.04 bits per heavy atom. The van der Waals surface area contributed by atoms with Crippen molar-refractivity contribution in [3.63, 3.8) is 0 Å². The molecule has 24 heavy (non-hydrogen) atoms. The number of carbonyl (C=O) groups excluding carboxylic acids is 2. The zero-order valence-corrected chi connectivity index (χ0v) is 15.8. The maximum absolute atomic E-state index is 12.8. The molecular weight excluding hydrogens is 304 g/mol. The van der Waals surface area contributed by atoms with E-state index in [1.165, 1.54) is 12.7 Å². The number of nitrogens with zero attached hydrogens (tertiary/aromatic N) is 2. The van der Waals surface area contributed by atoms with Gasteiger partial charge < -0.3 is 14.5 Å². The Balaban J connectivity index is 2.86. The summed E-state index contributed by atoms with van der Waals surface area (Å²) in [6, 6.07) is 7.72. The lowest BCUT2D eigenvalue weighted by Crippen LogP contribution is -2.38. The predicted molar refractivity (Wildman–Crippen MR) is 96.2 cm³/mol. The molecule has 0 aliphatic carbocycles. The topological polar surface area (TPSA) is 49.9 Å². The lowest BCUT2D eigenvalue weighted by atomic mass is 9.86. The van der Waals surface area contributed by atoms with Crippen molar-refractivity contribution in [2.75, 3.05) is 40.8 Å². The van der Waals surface area contributed by atoms with E-state index in [-0.39, 0.29) is 23.7 Å². The molecular formula is C19H30N2O3. The van der Waals surface area contributed by atoms with E-state index in [9.17, 15) is 9.59 Å². The van der Waals surface area contributed by atoms with Gasteiger partial charge in [0.1, 0.15) is 0 Å². The number of ether oxygens (including phenoxy) is 1. The molecule has 0 fully saturated rings. The van der Waals surface area contributed by atoms with Crippen LogP contribution in [-0.2, 0) is 14.9 Å². The van der Waals surface area contributed by atoms with Crippen LogP contribution in [0.25, 0.3) is 0 Å². The molecule has 134 valence electrons. The highest BCUT2D eigenvalue weighted by Gasteiger charge is 2.19. The van der Waals surface area contributed by atoms with Gasteiger partial charge in [-0.2, -0.15) is 0 Å². The summed E-state index contributed by atoms with van der Waals surface area (Å²) in [6.07, 6.45) is 0.204. The molecule has 0 aliphatic rings. The van der Waals surface area contributed by atoms with Gasteiger partial charge in [0.2, 0.25) is 0 Å². The Bertz CT molecular complexity index is 545. The van der Waals surface area contributed by atoms with Gasteiger partial charge in [-0.25, -0.2) is 0 Å². The second-order valence-corrected chi connectivity index (χ2v) is 7.25. The fourth-order valence-electron chi connectivity index (χ4n) is 2.26. The van der Waals surface area contributed by atoms with Gasteiger partial charge >= 0.3 is 5.97 Å². The number of amides is 1. The normalized spacial score (nSPS) is 11.5. The third kappa shape index (κ3) is 6.32. The van der Waals surface area contributed by atoms with Gasteiger partial charge in [-0.3, -0.25) is 9.59 Å². The predicted octanol–water partition coefficient (Wildman–Crippen LogP) is 2.55. The standard InChI is InChI=1S/C19H30N2O3/c1-19(2,3)16-9-7-15(8-10-16)18(23)21(14-13-20(4)5)12-11-17(22)24-6/h7-10H,11-14H2,1-6H3. The summed E-state index contributed by atoms with van der Waals surface area (Å²) in [6.45, 7) is 8.11. The van der Waals surface area contributed by atoms with Crippen LogP contribution in [0.3, 0.4) is 0 Å². The number of benzene rings is 1. The maximum Gasteiger partial charge on any atom is 0.307 e. The first-order chi connectivity index (χ1) is 11.1. The van der Waals surface area contributed by atoms with E-state index in [0.717, 1.165) is 6.54 Å². The first-order valence-corrected chi connectivity index (χ1v) is 8.26. The van der Waals surface area contributed by atoms with Crippen LogP contribution in [0.2, 0.25) is 0 Å². The van der Waals surface area contributed by atoms with Gasteiger partial charge in [-0.05, 0) is 37.2 Å². The zero-order chi connectivity index (χ0) is 18.3. The van der Waals surface area contributed by atoms with Crippen LogP contribution >= 0.6 is 0 Å². The number of hydrogen-bond acceptors (Lipinski definition) is 4. The minimum atomic E-state index is -0.305. The zero-order valence-electron chi connectivity index (χ0n) is 15.8. The van der Waals surface area contributed by atoms with Crippen molar-refractivity contribution < 1.29 is 14.3 Å². The Labute approximate surface area is 145 Å². The molecule has 0 saturated heterocycles. The molecule has 0 radical (unpaired) electrons. The number of carbonyl (C=O) groups is 2. The van der Waals surface area contributed by atoms with Crippen molar-refractivity contribution in [3.05, 3.63) is 35.4 Å².